The van der Waals surface area contributed by atoms with Crippen molar-refractivity contribution in [3.63, 3.8) is 0 Å². The summed E-state index contributed by atoms with van der Waals surface area (Å²) >= 11 is 22.2. The molecule has 0 bridgehead atoms. The molecule has 0 N–H and O–H groups in total. The minimum Gasteiger partial charge on any atom is -0.339 e. The van der Waals surface area contributed by atoms with Crippen LogP contribution in [-0.4, -0.2) is 51.6 Å². The molecule has 0 spiro atoms. The van der Waals surface area contributed by atoms with Crippen LogP contribution in [0.4, 0.5) is 5.69 Å². The Morgan fingerprint density at radius 3 is 2.47 bits per heavy atom. The Morgan fingerprint density at radius 2 is 1.81 bits per heavy atom. The molecule has 0 atom stereocenters. The standard InChI is InChI=1S/C21H17BrCl3N5O2/c1-28(12-5-6-12)20(31)13-8-11(23)9-15(25)18(13)29(2)21(32)16-10-17(22)27-30(16)19-14(24)4-3-7-26-19/h3-4,7-10,12H,5-6H2,1-2H3. The second-order valence-corrected chi connectivity index (χ2v) is 9.43. The largest absolute Gasteiger partial charge is 0.339 e. The first-order valence-electron chi connectivity index (χ1n) is 9.59. The molecule has 1 aromatic carbocycles. The van der Waals surface area contributed by atoms with Crippen molar-refractivity contribution in [1.82, 2.24) is 19.7 Å². The van der Waals surface area contributed by atoms with Gasteiger partial charge in [0.2, 0.25) is 0 Å². The minimum atomic E-state index is -0.461. The number of halogens is 4. The van der Waals surface area contributed by atoms with Gasteiger partial charge in [0.05, 0.1) is 21.3 Å². The van der Waals surface area contributed by atoms with Crippen LogP contribution in [-0.2, 0) is 0 Å². The molecule has 32 heavy (non-hydrogen) atoms. The Bertz CT molecular complexity index is 1230. The van der Waals surface area contributed by atoms with E-state index in [9.17, 15) is 9.59 Å². The van der Waals surface area contributed by atoms with Gasteiger partial charge in [-0.15, -0.1) is 0 Å². The summed E-state index contributed by atoms with van der Waals surface area (Å²) < 4.78 is 1.76. The van der Waals surface area contributed by atoms with Crippen molar-refractivity contribution in [3.8, 4) is 5.82 Å². The summed E-state index contributed by atoms with van der Waals surface area (Å²) in [4.78, 5) is 33.9. The van der Waals surface area contributed by atoms with Crippen molar-refractivity contribution in [2.75, 3.05) is 19.0 Å². The molecule has 1 saturated carbocycles. The molecule has 2 aromatic heterocycles. The molecule has 166 valence electrons. The topological polar surface area (TPSA) is 71.3 Å². The third kappa shape index (κ3) is 4.37. The van der Waals surface area contributed by atoms with E-state index in [1.165, 1.54) is 28.8 Å². The maximum atomic E-state index is 13.5. The van der Waals surface area contributed by atoms with E-state index in [0.29, 0.717) is 20.5 Å². The minimum absolute atomic E-state index is 0.179. The molecule has 7 nitrogen and oxygen atoms in total. The van der Waals surface area contributed by atoms with Crippen molar-refractivity contribution in [2.45, 2.75) is 18.9 Å². The van der Waals surface area contributed by atoms with E-state index in [1.54, 1.807) is 36.3 Å². The zero-order chi connectivity index (χ0) is 23.2. The van der Waals surface area contributed by atoms with Crippen LogP contribution in [0.25, 0.3) is 5.82 Å². The average molecular weight is 558 g/mol. The third-order valence-corrected chi connectivity index (χ3v) is 6.34. The lowest BCUT2D eigenvalue weighted by Gasteiger charge is -2.25. The van der Waals surface area contributed by atoms with Gasteiger partial charge >= 0.3 is 0 Å². The maximum Gasteiger partial charge on any atom is 0.276 e. The van der Waals surface area contributed by atoms with E-state index in [-0.39, 0.29) is 33.9 Å². The molecule has 4 rings (SSSR count). The molecule has 1 aliphatic rings. The Balaban J connectivity index is 1.78. The molecular weight excluding hydrogens is 541 g/mol. The van der Waals surface area contributed by atoms with Gasteiger partial charge in [0.1, 0.15) is 10.3 Å². The van der Waals surface area contributed by atoms with Crippen molar-refractivity contribution in [1.29, 1.82) is 0 Å². The lowest BCUT2D eigenvalue weighted by atomic mass is 10.1. The summed E-state index contributed by atoms with van der Waals surface area (Å²) in [5.74, 6) is -0.421. The van der Waals surface area contributed by atoms with Crippen LogP contribution in [0, 0.1) is 0 Å². The summed E-state index contributed by atoms with van der Waals surface area (Å²) in [6.45, 7) is 0. The van der Waals surface area contributed by atoms with E-state index in [4.69, 9.17) is 34.8 Å². The van der Waals surface area contributed by atoms with E-state index >= 15 is 0 Å². The van der Waals surface area contributed by atoms with Crippen molar-refractivity contribution < 1.29 is 9.59 Å². The number of nitrogens with zero attached hydrogens (tertiary/aromatic N) is 5. The van der Waals surface area contributed by atoms with Gasteiger partial charge in [0.15, 0.2) is 5.82 Å². The normalized spacial score (nSPS) is 13.2. The number of rotatable bonds is 5. The monoisotopic (exact) mass is 555 g/mol. The first-order chi connectivity index (χ1) is 15.2. The van der Waals surface area contributed by atoms with Gasteiger partial charge in [-0.1, -0.05) is 34.8 Å². The van der Waals surface area contributed by atoms with Crippen molar-refractivity contribution >= 4 is 68.2 Å². The Labute approximate surface area is 208 Å². The number of hydrogen-bond donors (Lipinski definition) is 0. The van der Waals surface area contributed by atoms with Crippen LogP contribution in [0.15, 0.2) is 41.1 Å². The molecule has 11 heteroatoms. The molecule has 0 unspecified atom stereocenters. The summed E-state index contributed by atoms with van der Waals surface area (Å²) in [6, 6.07) is 8.08. The van der Waals surface area contributed by atoms with Crippen LogP contribution in [0.3, 0.4) is 0 Å². The quantitative estimate of drug-likeness (QED) is 0.415. The fourth-order valence-corrected chi connectivity index (χ4v) is 4.56. The highest BCUT2D eigenvalue weighted by molar-refractivity contribution is 9.10. The Kier molecular flexibility index (Phi) is 6.49. The first kappa shape index (κ1) is 23.0. The first-order valence-corrected chi connectivity index (χ1v) is 11.5. The van der Waals surface area contributed by atoms with Crippen molar-refractivity contribution in [3.05, 3.63) is 67.5 Å². The summed E-state index contributed by atoms with van der Waals surface area (Å²) in [6.07, 6.45) is 3.44. The number of carbonyl (C=O) groups excluding carboxylic acids is 2. The SMILES string of the molecule is CN(C(=O)c1cc(Br)nn1-c1ncccc1Cl)c1c(Cl)cc(Cl)cc1C(=O)N(C)C1CC1. The molecule has 2 amide bonds. The third-order valence-electron chi connectivity index (χ3n) is 5.15. The highest BCUT2D eigenvalue weighted by atomic mass is 79.9. The molecule has 2 heterocycles. The maximum absolute atomic E-state index is 13.5. The van der Waals surface area contributed by atoms with E-state index in [0.717, 1.165) is 12.8 Å². The van der Waals surface area contributed by atoms with Gasteiger partial charge in [-0.3, -0.25) is 9.59 Å². The number of benzene rings is 1. The van der Waals surface area contributed by atoms with Gasteiger partial charge in [-0.25, -0.2) is 9.67 Å². The number of amides is 2. The van der Waals surface area contributed by atoms with Crippen molar-refractivity contribution in [2.24, 2.45) is 0 Å². The summed E-state index contributed by atoms with van der Waals surface area (Å²) in [5.41, 5.74) is 0.684. The number of pyridine rings is 1. The van der Waals surface area contributed by atoms with Gasteiger partial charge in [0, 0.05) is 37.4 Å². The van der Waals surface area contributed by atoms with E-state index in [2.05, 4.69) is 26.0 Å². The van der Waals surface area contributed by atoms with Gasteiger partial charge in [-0.2, -0.15) is 5.10 Å². The number of aromatic nitrogens is 3. The van der Waals surface area contributed by atoms with Crippen LogP contribution < -0.4 is 4.90 Å². The predicted octanol–water partition coefficient (Wildman–Crippen LogP) is 5.50. The highest BCUT2D eigenvalue weighted by Crippen LogP contribution is 2.36. The summed E-state index contributed by atoms with van der Waals surface area (Å²) in [7, 11) is 3.27. The Morgan fingerprint density at radius 1 is 1.09 bits per heavy atom. The van der Waals surface area contributed by atoms with Gasteiger partial charge in [-0.05, 0) is 53.0 Å². The zero-order valence-corrected chi connectivity index (χ0v) is 20.9. The highest BCUT2D eigenvalue weighted by Gasteiger charge is 2.33. The molecule has 1 aliphatic carbocycles. The molecule has 3 aromatic rings. The molecule has 0 saturated heterocycles. The van der Waals surface area contributed by atoms with E-state index < -0.39 is 5.91 Å². The smallest absolute Gasteiger partial charge is 0.276 e. The van der Waals surface area contributed by atoms with E-state index in [1.807, 2.05) is 0 Å². The molecule has 0 aliphatic heterocycles. The predicted molar refractivity (Wildman–Crippen MR) is 128 cm³/mol. The second kappa shape index (κ2) is 9.02. The van der Waals surface area contributed by atoms with Crippen LogP contribution in [0.2, 0.25) is 15.1 Å². The van der Waals surface area contributed by atoms with Gasteiger partial charge in [0.25, 0.3) is 11.8 Å². The fraction of sp³-hybridized carbons (Fsp3) is 0.238. The number of anilines is 1. The van der Waals surface area contributed by atoms with Crippen LogP contribution in [0.1, 0.15) is 33.7 Å². The molecule has 1 fully saturated rings. The fourth-order valence-electron chi connectivity index (χ4n) is 3.36. The second-order valence-electron chi connectivity index (χ2n) is 7.37. The van der Waals surface area contributed by atoms with Gasteiger partial charge < -0.3 is 9.80 Å². The number of carbonyl (C=O) groups is 2. The lowest BCUT2D eigenvalue weighted by molar-refractivity contribution is 0.0786. The molecular formula is C21H17BrCl3N5O2. The summed E-state index contributed by atoms with van der Waals surface area (Å²) in [5, 5.41) is 5.12. The Hall–Kier alpha value is -2.13. The van der Waals surface area contributed by atoms with Crippen LogP contribution >= 0.6 is 50.7 Å². The average Bonchev–Trinajstić information content (AvgIpc) is 3.53. The van der Waals surface area contributed by atoms with Crippen LogP contribution in [0.5, 0.6) is 0 Å². The lowest BCUT2D eigenvalue weighted by Crippen LogP contribution is -2.34. The molecule has 0 radical (unpaired) electrons. The number of hydrogen-bond acceptors (Lipinski definition) is 4. The zero-order valence-electron chi connectivity index (χ0n) is 17.0.